The molecule has 0 bridgehead atoms. The molecule has 0 amide bonds. The van der Waals surface area contributed by atoms with Crippen molar-refractivity contribution in [2.75, 3.05) is 19.6 Å². The fourth-order valence-electron chi connectivity index (χ4n) is 22.1. The van der Waals surface area contributed by atoms with Crippen molar-refractivity contribution in [1.29, 1.82) is 0 Å². The molecule has 26 rings (SSSR count). The number of hydrogen-bond donors (Lipinski definition) is 0. The summed E-state index contributed by atoms with van der Waals surface area (Å²) in [7, 11) is 0. The van der Waals surface area contributed by atoms with Gasteiger partial charge in [0, 0.05) is 45.4 Å². The SMILES string of the molecule is c1ccc(-c2ccc(N(c3ccc(-c4ccccc4)cc3)c3ccc4cc(-c5ccc6c(c5)-c5ccccc5C65c6ccccc6N(c6ccccc6)c6ccccc65)ccc4c3)cc2)cc1.c1ccc(-c2ccc(N(c3ccc4cc(-c5ccc6c(c5)-c5ccccc5C65c6ccccc6N(c6ccccc6)c6ccccc65)ccc4c3)c3ccccc3-c3ccccc3)cc2)cc1. The van der Waals surface area contributed by atoms with Gasteiger partial charge in [0.05, 0.1) is 39.3 Å². The minimum absolute atomic E-state index is 0.474. The molecule has 2 aliphatic heterocycles. The summed E-state index contributed by atoms with van der Waals surface area (Å²) >= 11 is 0. The van der Waals surface area contributed by atoms with Gasteiger partial charge in [-0.3, -0.25) is 0 Å². The van der Waals surface area contributed by atoms with Gasteiger partial charge in [-0.1, -0.05) is 394 Å². The van der Waals surface area contributed by atoms with Crippen molar-refractivity contribution in [2.24, 2.45) is 0 Å². The van der Waals surface area contributed by atoms with Crippen LogP contribution in [0, 0.1) is 0 Å². The van der Waals surface area contributed by atoms with Crippen molar-refractivity contribution in [1.82, 2.24) is 0 Å². The van der Waals surface area contributed by atoms with Gasteiger partial charge in [0.2, 0.25) is 0 Å². The highest BCUT2D eigenvalue weighted by Crippen LogP contribution is 2.66. The van der Waals surface area contributed by atoms with Crippen molar-refractivity contribution in [3.63, 3.8) is 0 Å². The lowest BCUT2D eigenvalue weighted by molar-refractivity contribution is 0.753. The summed E-state index contributed by atoms with van der Waals surface area (Å²) in [6, 6.07) is 196. The second-order valence-electron chi connectivity index (χ2n) is 35.3. The summed E-state index contributed by atoms with van der Waals surface area (Å²) < 4.78 is 0. The van der Waals surface area contributed by atoms with Crippen LogP contribution in [0.5, 0.6) is 0 Å². The normalized spacial score (nSPS) is 12.9. The second kappa shape index (κ2) is 32.9. The molecule has 4 heteroatoms. The highest BCUT2D eigenvalue weighted by atomic mass is 15.2. The van der Waals surface area contributed by atoms with E-state index in [4.69, 9.17) is 0 Å². The van der Waals surface area contributed by atoms with Crippen LogP contribution in [0.3, 0.4) is 0 Å². The van der Waals surface area contributed by atoms with Gasteiger partial charge in [0.15, 0.2) is 0 Å². The van der Waals surface area contributed by atoms with E-state index in [1.54, 1.807) is 0 Å². The summed E-state index contributed by atoms with van der Waals surface area (Å²) in [5.41, 5.74) is 42.9. The quantitative estimate of drug-likeness (QED) is 0.108. The molecule has 0 aromatic heterocycles. The van der Waals surface area contributed by atoms with Crippen molar-refractivity contribution in [3.8, 4) is 89.0 Å². The van der Waals surface area contributed by atoms with Gasteiger partial charge in [0.1, 0.15) is 0 Å². The number of nitrogens with zero attached hydrogens (tertiary/aromatic N) is 4. The molecule has 2 spiro atoms. The van der Waals surface area contributed by atoms with Crippen LogP contribution in [0.25, 0.3) is 111 Å². The minimum atomic E-state index is -0.477. The Labute approximate surface area is 782 Å². The number of anilines is 12. The van der Waals surface area contributed by atoms with E-state index < -0.39 is 10.8 Å². The van der Waals surface area contributed by atoms with Gasteiger partial charge >= 0.3 is 0 Å². The average molecular weight is 1710 g/mol. The molecule has 4 nitrogen and oxygen atoms in total. The summed E-state index contributed by atoms with van der Waals surface area (Å²) in [5.74, 6) is 0. The second-order valence-corrected chi connectivity index (χ2v) is 35.3. The minimum Gasteiger partial charge on any atom is -0.310 e. The van der Waals surface area contributed by atoms with Gasteiger partial charge in [0.25, 0.3) is 0 Å². The Morgan fingerprint density at radius 1 is 0.142 bits per heavy atom. The maximum atomic E-state index is 2.44. The van der Waals surface area contributed by atoms with Crippen LogP contribution in [0.2, 0.25) is 0 Å². The van der Waals surface area contributed by atoms with Crippen molar-refractivity contribution < 1.29 is 0 Å². The maximum absolute atomic E-state index is 2.44. The van der Waals surface area contributed by atoms with Gasteiger partial charge < -0.3 is 19.6 Å². The van der Waals surface area contributed by atoms with E-state index in [1.807, 2.05) is 0 Å². The van der Waals surface area contributed by atoms with Gasteiger partial charge in [-0.15, -0.1) is 0 Å². The van der Waals surface area contributed by atoms with Crippen LogP contribution in [-0.4, -0.2) is 0 Å². The lowest BCUT2D eigenvalue weighted by Crippen LogP contribution is -2.36. The predicted molar refractivity (Wildman–Crippen MR) is 561 cm³/mol. The molecule has 2 aliphatic carbocycles. The zero-order chi connectivity index (χ0) is 88.6. The average Bonchev–Trinajstić information content (AvgIpc) is 1.49. The fraction of sp³-hybridized carbons (Fsp3) is 0.0154. The molecule has 4 aliphatic rings. The molecule has 22 aromatic carbocycles. The Morgan fingerprint density at radius 3 is 0.769 bits per heavy atom. The van der Waals surface area contributed by atoms with E-state index >= 15 is 0 Å². The monoisotopic (exact) mass is 1700 g/mol. The molecule has 2 heterocycles. The van der Waals surface area contributed by atoms with Crippen LogP contribution < -0.4 is 19.6 Å². The summed E-state index contributed by atoms with van der Waals surface area (Å²) in [4.78, 5) is 9.65. The number of benzene rings is 22. The molecule has 0 saturated heterocycles. The molecule has 0 N–H and O–H groups in total. The van der Waals surface area contributed by atoms with Crippen molar-refractivity contribution >= 4 is 89.8 Å². The van der Waals surface area contributed by atoms with Crippen molar-refractivity contribution in [3.05, 3.63) is 578 Å². The molecular formula is C130H88N4. The lowest BCUT2D eigenvalue weighted by Gasteiger charge is -2.45. The lowest BCUT2D eigenvalue weighted by atomic mass is 9.64. The first-order valence-electron chi connectivity index (χ1n) is 46.3. The van der Waals surface area contributed by atoms with Gasteiger partial charge in [-0.25, -0.2) is 0 Å². The first-order valence-corrected chi connectivity index (χ1v) is 46.3. The number of hydrogen-bond acceptors (Lipinski definition) is 4. The van der Waals surface area contributed by atoms with E-state index in [0.29, 0.717) is 0 Å². The Kier molecular flexibility index (Phi) is 19.4. The number of para-hydroxylation sites is 7. The molecule has 134 heavy (non-hydrogen) atoms. The molecule has 22 aromatic rings. The Bertz CT molecular complexity index is 8040. The molecule has 628 valence electrons. The first-order chi connectivity index (χ1) is 66.5. The third-order valence-electron chi connectivity index (χ3n) is 28.1. The third kappa shape index (κ3) is 13.1. The largest absolute Gasteiger partial charge is 0.310 e. The molecule has 0 unspecified atom stereocenters. The topological polar surface area (TPSA) is 13.0 Å². The maximum Gasteiger partial charge on any atom is 0.0754 e. The summed E-state index contributed by atoms with van der Waals surface area (Å²) in [6.07, 6.45) is 0. The predicted octanol–water partition coefficient (Wildman–Crippen LogP) is 34.9. The highest BCUT2D eigenvalue weighted by Gasteiger charge is 2.54. The zero-order valence-electron chi connectivity index (χ0n) is 73.6. The standard InChI is InChI=1S/2C65H44N2/c1-4-18-45(19-5-1)46-34-38-53(39-35-46)66(62-29-15-11-24-55(62)47-20-6-2-7-21-47)54-40-36-49-42-48(32-33-50(49)43-54)51-37-41-59-57(44-51)56-25-10-12-26-58(56)65(59)60-27-13-16-30-63(60)67(52-22-8-3-9-23-52)64-31-17-14-28-61(64)65;1-4-16-45(17-5-1)47-30-36-54(37-31-47)66(55-38-32-48(33-39-55)46-18-6-2-7-19-46)56-40-34-50-42-49(28-29-51(50)43-56)52-35-41-60-58(44-52)57-22-10-11-23-59(57)65(60)61-24-12-14-26-63(61)67(53-20-8-3-9-21-53)64-27-15-13-25-62(64)65/h2*1-44H. The van der Waals surface area contributed by atoms with E-state index in [0.717, 1.165) is 45.5 Å². The molecular weight excluding hydrogens is 1620 g/mol. The number of rotatable bonds is 14. The summed E-state index contributed by atoms with van der Waals surface area (Å²) in [5, 5.41) is 4.78. The number of fused-ring (bicyclic) bond motifs is 20. The zero-order valence-corrected chi connectivity index (χ0v) is 73.6. The fourth-order valence-corrected chi connectivity index (χ4v) is 22.1. The Hall–Kier alpha value is -17.4. The van der Waals surface area contributed by atoms with E-state index in [-0.39, 0.29) is 0 Å². The molecule has 0 radical (unpaired) electrons. The van der Waals surface area contributed by atoms with Gasteiger partial charge in [-0.2, -0.15) is 0 Å². The van der Waals surface area contributed by atoms with Crippen LogP contribution in [-0.2, 0) is 10.8 Å². The smallest absolute Gasteiger partial charge is 0.0754 e. The molecule has 0 atom stereocenters. The molecule has 0 fully saturated rings. The van der Waals surface area contributed by atoms with Crippen LogP contribution in [0.1, 0.15) is 44.5 Å². The van der Waals surface area contributed by atoms with Crippen molar-refractivity contribution in [2.45, 2.75) is 10.8 Å². The van der Waals surface area contributed by atoms with Gasteiger partial charge in [-0.05, 0) is 289 Å². The third-order valence-corrected chi connectivity index (χ3v) is 28.1. The Morgan fingerprint density at radius 2 is 0.388 bits per heavy atom. The van der Waals surface area contributed by atoms with Crippen LogP contribution in [0.15, 0.2) is 534 Å². The van der Waals surface area contributed by atoms with Crippen LogP contribution >= 0.6 is 0 Å². The first kappa shape index (κ1) is 78.8. The van der Waals surface area contributed by atoms with E-state index in [1.165, 1.54) is 178 Å². The van der Waals surface area contributed by atoms with E-state index in [2.05, 4.69) is 553 Å². The summed E-state index contributed by atoms with van der Waals surface area (Å²) in [6.45, 7) is 0. The highest BCUT2D eigenvalue weighted by molar-refractivity contribution is 6.02. The Balaban J connectivity index is 0.000000143. The van der Waals surface area contributed by atoms with Crippen LogP contribution in [0.4, 0.5) is 68.2 Å². The molecule has 0 saturated carbocycles. The van der Waals surface area contributed by atoms with E-state index in [9.17, 15) is 0 Å².